The third-order valence-electron chi connectivity index (χ3n) is 19.3. The molecule has 6 heterocycles. The van der Waals surface area contributed by atoms with Gasteiger partial charge in [0, 0.05) is 89.8 Å². The van der Waals surface area contributed by atoms with Crippen molar-refractivity contribution >= 4 is 158 Å². The Labute approximate surface area is 511 Å². The van der Waals surface area contributed by atoms with Crippen molar-refractivity contribution in [1.29, 1.82) is 0 Å². The van der Waals surface area contributed by atoms with Gasteiger partial charge in [0.1, 0.15) is 0 Å². The molecule has 0 N–H and O–H groups in total. The van der Waals surface area contributed by atoms with E-state index in [2.05, 4.69) is 334 Å². The molecular formula is C80H54B2N6. The highest BCUT2D eigenvalue weighted by Crippen LogP contribution is 2.51. The van der Waals surface area contributed by atoms with E-state index in [0.717, 1.165) is 56.9 Å². The van der Waals surface area contributed by atoms with Crippen LogP contribution in [-0.4, -0.2) is 22.6 Å². The van der Waals surface area contributed by atoms with Gasteiger partial charge in [-0.3, -0.25) is 0 Å². The standard InChI is InChI=1S/C80H54B2N6/c1-51-23-21-29-55(43-51)85-71-41-19-13-35-63(71)81-65-49-66-74(50-73(65)83(53-25-5-3-6-26-53)75-45-57(47-77(85)79(75)81)87-67-37-15-9-31-59(67)60-32-10-16-38-68(60)87)84(54-27-7-4-8-28-54)76-46-58(88-69-39-17-11-33-61(69)62-34-12-18-40-70(62)88)48-78-80(76)82(66)64-36-14-20-42-72(64)86(78)56-30-22-24-52(2)44-56/h3-50H,1-2H3. The minimum absolute atomic E-state index is 0.138. The van der Waals surface area contributed by atoms with E-state index in [1.807, 2.05) is 0 Å². The Morgan fingerprint density at radius 3 is 0.909 bits per heavy atom. The molecule has 0 unspecified atom stereocenters. The summed E-state index contributed by atoms with van der Waals surface area (Å²) in [6.45, 7) is 4.14. The largest absolute Gasteiger partial charge is 0.311 e. The summed E-state index contributed by atoms with van der Waals surface area (Å²) in [5.41, 5.74) is 30.8. The maximum Gasteiger partial charge on any atom is 0.252 e. The molecule has 2 aromatic heterocycles. The number of aromatic nitrogens is 2. The van der Waals surface area contributed by atoms with Crippen molar-refractivity contribution in [3.8, 4) is 11.4 Å². The van der Waals surface area contributed by atoms with Gasteiger partial charge < -0.3 is 28.7 Å². The first kappa shape index (κ1) is 49.1. The summed E-state index contributed by atoms with van der Waals surface area (Å²) < 4.78 is 5.00. The Kier molecular flexibility index (Phi) is 10.4. The molecule has 410 valence electrons. The van der Waals surface area contributed by atoms with Crippen molar-refractivity contribution in [2.45, 2.75) is 13.8 Å². The Bertz CT molecular complexity index is 5000. The number of nitrogens with zero attached hydrogens (tertiary/aromatic N) is 6. The Morgan fingerprint density at radius 1 is 0.216 bits per heavy atom. The molecule has 4 aliphatic heterocycles. The summed E-state index contributed by atoms with van der Waals surface area (Å²) in [6, 6.07) is 110. The van der Waals surface area contributed by atoms with Crippen LogP contribution < -0.4 is 52.4 Å². The van der Waals surface area contributed by atoms with E-state index in [1.54, 1.807) is 0 Å². The smallest absolute Gasteiger partial charge is 0.252 e. The summed E-state index contributed by atoms with van der Waals surface area (Å²) >= 11 is 0. The van der Waals surface area contributed by atoms with Crippen LogP contribution in [0.1, 0.15) is 11.1 Å². The summed E-state index contributed by atoms with van der Waals surface area (Å²) in [4.78, 5) is 10.3. The van der Waals surface area contributed by atoms with E-state index in [1.165, 1.54) is 110 Å². The van der Waals surface area contributed by atoms with Crippen molar-refractivity contribution in [3.05, 3.63) is 302 Å². The molecule has 19 rings (SSSR count). The second-order valence-corrected chi connectivity index (χ2v) is 24.2. The number of hydrogen-bond acceptors (Lipinski definition) is 4. The van der Waals surface area contributed by atoms with Gasteiger partial charge >= 0.3 is 0 Å². The summed E-state index contributed by atoms with van der Waals surface area (Å²) in [5.74, 6) is 0. The zero-order chi connectivity index (χ0) is 57.9. The zero-order valence-electron chi connectivity index (χ0n) is 48.6. The van der Waals surface area contributed by atoms with Crippen LogP contribution in [0.2, 0.25) is 0 Å². The van der Waals surface area contributed by atoms with Crippen LogP contribution in [0.3, 0.4) is 0 Å². The topological polar surface area (TPSA) is 22.8 Å². The average Bonchev–Trinajstić information content (AvgIpc) is 0.783. The monoisotopic (exact) mass is 1120 g/mol. The quantitative estimate of drug-likeness (QED) is 0.155. The highest BCUT2D eigenvalue weighted by atomic mass is 15.2. The third-order valence-corrected chi connectivity index (χ3v) is 19.3. The van der Waals surface area contributed by atoms with E-state index in [0.29, 0.717) is 0 Å². The molecule has 0 aliphatic carbocycles. The number of benzene rings is 13. The van der Waals surface area contributed by atoms with Crippen LogP contribution >= 0.6 is 0 Å². The number of anilines is 12. The summed E-state index contributed by atoms with van der Waals surface area (Å²) in [5, 5.41) is 4.93. The van der Waals surface area contributed by atoms with Gasteiger partial charge in [0.2, 0.25) is 0 Å². The third kappa shape index (κ3) is 6.91. The van der Waals surface area contributed by atoms with Crippen LogP contribution in [0.15, 0.2) is 291 Å². The van der Waals surface area contributed by atoms with Gasteiger partial charge in [0.25, 0.3) is 13.4 Å². The van der Waals surface area contributed by atoms with Crippen molar-refractivity contribution in [1.82, 2.24) is 9.13 Å². The molecule has 0 radical (unpaired) electrons. The Morgan fingerprint density at radius 2 is 0.534 bits per heavy atom. The van der Waals surface area contributed by atoms with Gasteiger partial charge in [0.05, 0.1) is 33.4 Å². The number of aryl methyl sites for hydroxylation is 2. The van der Waals surface area contributed by atoms with E-state index >= 15 is 0 Å². The molecule has 0 bridgehead atoms. The normalized spacial score (nSPS) is 13.4. The highest BCUT2D eigenvalue weighted by Gasteiger charge is 2.49. The van der Waals surface area contributed by atoms with Crippen LogP contribution in [0, 0.1) is 13.8 Å². The maximum absolute atomic E-state index is 2.64. The van der Waals surface area contributed by atoms with Gasteiger partial charge in [-0.05, 0) is 173 Å². The molecule has 0 fully saturated rings. The minimum atomic E-state index is -0.138. The first-order valence-corrected chi connectivity index (χ1v) is 30.6. The fourth-order valence-electron chi connectivity index (χ4n) is 15.8. The predicted molar refractivity (Wildman–Crippen MR) is 373 cm³/mol. The molecule has 0 saturated carbocycles. The zero-order valence-corrected chi connectivity index (χ0v) is 48.6. The lowest BCUT2D eigenvalue weighted by Crippen LogP contribution is -2.65. The van der Waals surface area contributed by atoms with Crippen molar-refractivity contribution in [2.75, 3.05) is 19.6 Å². The molecule has 0 amide bonds. The van der Waals surface area contributed by atoms with Gasteiger partial charge in [-0.15, -0.1) is 0 Å². The second kappa shape index (κ2) is 18.6. The maximum atomic E-state index is 2.64. The van der Waals surface area contributed by atoms with Gasteiger partial charge in [-0.1, -0.05) is 176 Å². The van der Waals surface area contributed by atoms with E-state index in [4.69, 9.17) is 0 Å². The fraction of sp³-hybridized carbons (Fsp3) is 0.0250. The molecule has 0 spiro atoms. The van der Waals surface area contributed by atoms with Crippen molar-refractivity contribution in [2.24, 2.45) is 0 Å². The first-order valence-electron chi connectivity index (χ1n) is 30.6. The van der Waals surface area contributed by atoms with E-state index in [-0.39, 0.29) is 13.4 Å². The van der Waals surface area contributed by atoms with Crippen molar-refractivity contribution < 1.29 is 0 Å². The SMILES string of the molecule is Cc1cccc(N2c3ccccc3B3c4cc5c(cc4N(c4ccccc4)c4cc(-n6c7ccccc7c7ccccc76)cc2c43)N(c2ccccc2)c2cc(-n3c4ccccc4c4ccccc43)cc3c2B5c2ccccc2N3c2cccc(C)c2)c1. The fourth-order valence-corrected chi connectivity index (χ4v) is 15.8. The summed E-state index contributed by atoms with van der Waals surface area (Å²) in [7, 11) is 0. The molecule has 0 saturated heterocycles. The molecule has 4 aliphatic rings. The Balaban J connectivity index is 0.951. The number of fused-ring (bicyclic) bond motifs is 14. The lowest BCUT2D eigenvalue weighted by molar-refractivity contribution is 1.16. The van der Waals surface area contributed by atoms with Crippen LogP contribution in [-0.2, 0) is 0 Å². The lowest BCUT2D eigenvalue weighted by atomic mass is 9.30. The van der Waals surface area contributed by atoms with E-state index in [9.17, 15) is 0 Å². The Hall–Kier alpha value is -11.2. The molecule has 13 aromatic carbocycles. The molecule has 88 heavy (non-hydrogen) atoms. The average molecular weight is 1120 g/mol. The first-order chi connectivity index (χ1) is 43.5. The molecular weight excluding hydrogens is 1070 g/mol. The highest BCUT2D eigenvalue weighted by molar-refractivity contribution is 7.03. The van der Waals surface area contributed by atoms with E-state index < -0.39 is 0 Å². The number of hydrogen-bond donors (Lipinski definition) is 0. The second-order valence-electron chi connectivity index (χ2n) is 24.2. The number of rotatable bonds is 6. The van der Waals surface area contributed by atoms with Gasteiger partial charge in [0.15, 0.2) is 0 Å². The number of para-hydroxylation sites is 8. The molecule has 8 heteroatoms. The molecule has 15 aromatic rings. The minimum Gasteiger partial charge on any atom is -0.311 e. The van der Waals surface area contributed by atoms with Crippen LogP contribution in [0.4, 0.5) is 68.2 Å². The van der Waals surface area contributed by atoms with Crippen molar-refractivity contribution in [3.63, 3.8) is 0 Å². The predicted octanol–water partition coefficient (Wildman–Crippen LogP) is 16.7. The van der Waals surface area contributed by atoms with Crippen LogP contribution in [0.25, 0.3) is 55.0 Å². The molecule has 6 nitrogen and oxygen atoms in total. The van der Waals surface area contributed by atoms with Gasteiger partial charge in [-0.2, -0.15) is 0 Å². The molecule has 0 atom stereocenters. The summed E-state index contributed by atoms with van der Waals surface area (Å²) in [6.07, 6.45) is 0. The van der Waals surface area contributed by atoms with Crippen LogP contribution in [0.5, 0.6) is 0 Å². The lowest BCUT2D eigenvalue weighted by Gasteiger charge is -2.47. The van der Waals surface area contributed by atoms with Gasteiger partial charge in [-0.25, -0.2) is 0 Å².